The summed E-state index contributed by atoms with van der Waals surface area (Å²) in [6.07, 6.45) is 37.1. The van der Waals surface area contributed by atoms with Gasteiger partial charge in [0.05, 0.1) is 19.8 Å². The van der Waals surface area contributed by atoms with Crippen molar-refractivity contribution < 1.29 is 47.8 Å². The van der Waals surface area contributed by atoms with Gasteiger partial charge in [-0.2, -0.15) is 0 Å². The maximum absolute atomic E-state index is 12.6. The first kappa shape index (κ1) is 51.5. The lowest BCUT2D eigenvalue weighted by atomic mass is 10.1. The maximum Gasteiger partial charge on any atom is 0.472 e. The molecule has 3 N–H and O–H groups in total. The molecule has 0 aromatic heterocycles. The highest BCUT2D eigenvalue weighted by molar-refractivity contribution is 7.47. The summed E-state index contributed by atoms with van der Waals surface area (Å²) >= 11 is 0. The van der Waals surface area contributed by atoms with E-state index in [0.29, 0.717) is 12.8 Å². The highest BCUT2D eigenvalue weighted by atomic mass is 31.2. The number of rotatable bonds is 40. The van der Waals surface area contributed by atoms with Crippen molar-refractivity contribution >= 4 is 19.8 Å². The lowest BCUT2D eigenvalue weighted by Gasteiger charge is -2.20. The third-order valence-electron chi connectivity index (χ3n) is 9.08. The number of allylic oxidation sites excluding steroid dienone is 4. The van der Waals surface area contributed by atoms with Gasteiger partial charge in [-0.3, -0.25) is 18.6 Å². The minimum Gasteiger partial charge on any atom is -0.462 e. The third-order valence-corrected chi connectivity index (χ3v) is 10.0. The van der Waals surface area contributed by atoms with E-state index >= 15 is 0 Å². The molecule has 0 bridgehead atoms. The highest BCUT2D eigenvalue weighted by Gasteiger charge is 2.27. The lowest BCUT2D eigenvalue weighted by Crippen LogP contribution is -2.29. The number of aliphatic hydroxyl groups is 2. The first-order chi connectivity index (χ1) is 25.7. The number of ether oxygens (including phenoxy) is 2. The molecule has 0 aliphatic heterocycles. The molecule has 10 nitrogen and oxygen atoms in total. The van der Waals surface area contributed by atoms with Crippen molar-refractivity contribution in [2.24, 2.45) is 0 Å². The van der Waals surface area contributed by atoms with Crippen molar-refractivity contribution in [1.82, 2.24) is 0 Å². The summed E-state index contributed by atoms with van der Waals surface area (Å²) in [5.74, 6) is -0.936. The molecule has 0 fully saturated rings. The third kappa shape index (κ3) is 38.5. The Labute approximate surface area is 323 Å². The van der Waals surface area contributed by atoms with Crippen LogP contribution in [0.4, 0.5) is 0 Å². The first-order valence-electron chi connectivity index (χ1n) is 21.3. The van der Waals surface area contributed by atoms with Gasteiger partial charge in [-0.1, -0.05) is 141 Å². The second kappa shape index (κ2) is 38.7. The molecular formula is C42H79O10P. The maximum atomic E-state index is 12.6. The van der Waals surface area contributed by atoms with Crippen LogP contribution in [0.5, 0.6) is 0 Å². The Hall–Kier alpha value is -1.55. The van der Waals surface area contributed by atoms with Crippen LogP contribution < -0.4 is 0 Å². The Morgan fingerprint density at radius 3 is 1.38 bits per heavy atom. The predicted octanol–water partition coefficient (Wildman–Crippen LogP) is 11.0. The van der Waals surface area contributed by atoms with Gasteiger partial charge in [-0.05, 0) is 64.2 Å². The van der Waals surface area contributed by atoms with Gasteiger partial charge in [0.1, 0.15) is 12.7 Å². The number of phosphoric ester groups is 1. The van der Waals surface area contributed by atoms with Crippen LogP contribution in [0.1, 0.15) is 194 Å². The SMILES string of the molecule is CCCCCC/C=C\CCCCCCCC(=O)O[C@H](COC(=O)CCCCCCCCC/C=C\CCCCCCCC)COP(=O)(O)OC[C@@H](O)CO. The van der Waals surface area contributed by atoms with Crippen molar-refractivity contribution in [3.63, 3.8) is 0 Å². The van der Waals surface area contributed by atoms with E-state index in [1.807, 2.05) is 0 Å². The van der Waals surface area contributed by atoms with Crippen molar-refractivity contribution in [1.29, 1.82) is 0 Å². The molecule has 0 heterocycles. The molecule has 312 valence electrons. The van der Waals surface area contributed by atoms with Gasteiger partial charge >= 0.3 is 19.8 Å². The number of hydrogen-bond acceptors (Lipinski definition) is 9. The quantitative estimate of drug-likeness (QED) is 0.0238. The lowest BCUT2D eigenvalue weighted by molar-refractivity contribution is -0.161. The molecule has 0 aliphatic rings. The summed E-state index contributed by atoms with van der Waals surface area (Å²) in [5, 5.41) is 18.3. The molecule has 0 aromatic rings. The molecule has 0 aromatic carbocycles. The van der Waals surface area contributed by atoms with E-state index in [1.54, 1.807) is 0 Å². The molecule has 0 rings (SSSR count). The summed E-state index contributed by atoms with van der Waals surface area (Å²) < 4.78 is 32.7. The molecule has 3 atom stereocenters. The Morgan fingerprint density at radius 2 is 0.925 bits per heavy atom. The second-order valence-electron chi connectivity index (χ2n) is 14.4. The molecule has 0 spiro atoms. The van der Waals surface area contributed by atoms with Gasteiger partial charge < -0.3 is 24.6 Å². The van der Waals surface area contributed by atoms with E-state index in [9.17, 15) is 24.2 Å². The fourth-order valence-corrected chi connectivity index (χ4v) is 6.54. The standard InChI is InChI=1S/C42H79O10P/c1-3-5-7-9-11-13-15-17-18-19-20-22-23-25-27-29-31-33-41(45)49-37-40(38-51-53(47,48)50-36-39(44)35-43)52-42(46)34-32-30-28-26-24-21-16-14-12-10-8-6-4-2/h14,16-18,39-40,43-44H,3-13,15,19-38H2,1-2H3,(H,47,48)/b16-14-,18-17-/t39-,40+/m0/s1. The van der Waals surface area contributed by atoms with Crippen molar-refractivity contribution in [3.05, 3.63) is 24.3 Å². The largest absolute Gasteiger partial charge is 0.472 e. The molecular weight excluding hydrogens is 695 g/mol. The number of unbranched alkanes of at least 4 members (excludes halogenated alkanes) is 22. The van der Waals surface area contributed by atoms with Crippen LogP contribution in [0.2, 0.25) is 0 Å². The fraction of sp³-hybridized carbons (Fsp3) is 0.857. The van der Waals surface area contributed by atoms with Gasteiger partial charge in [-0.25, -0.2) is 4.57 Å². The fourth-order valence-electron chi connectivity index (χ4n) is 5.75. The molecule has 0 saturated heterocycles. The zero-order valence-electron chi connectivity index (χ0n) is 33.7. The van der Waals surface area contributed by atoms with Gasteiger partial charge in [0, 0.05) is 12.8 Å². The average Bonchev–Trinajstić information content (AvgIpc) is 3.14. The van der Waals surface area contributed by atoms with E-state index in [2.05, 4.69) is 42.7 Å². The van der Waals surface area contributed by atoms with E-state index in [-0.39, 0.29) is 19.4 Å². The Morgan fingerprint density at radius 1 is 0.547 bits per heavy atom. The van der Waals surface area contributed by atoms with Gasteiger partial charge in [0.25, 0.3) is 0 Å². The molecule has 0 radical (unpaired) electrons. The van der Waals surface area contributed by atoms with Gasteiger partial charge in [0.15, 0.2) is 6.10 Å². The zero-order valence-corrected chi connectivity index (χ0v) is 34.6. The first-order valence-corrected chi connectivity index (χ1v) is 22.8. The van der Waals surface area contributed by atoms with E-state index < -0.39 is 51.8 Å². The summed E-state index contributed by atoms with van der Waals surface area (Å²) in [6, 6.07) is 0. The van der Waals surface area contributed by atoms with Crippen LogP contribution in [0.25, 0.3) is 0 Å². The minimum absolute atomic E-state index is 0.175. The molecule has 0 aliphatic carbocycles. The zero-order chi connectivity index (χ0) is 39.1. The number of hydrogen-bond donors (Lipinski definition) is 3. The normalized spacial score (nSPS) is 14.1. The molecule has 1 unspecified atom stereocenters. The number of aliphatic hydroxyl groups excluding tert-OH is 2. The summed E-state index contributed by atoms with van der Waals surface area (Å²) in [6.45, 7) is 2.35. The van der Waals surface area contributed by atoms with Crippen LogP contribution >= 0.6 is 7.82 Å². The van der Waals surface area contributed by atoms with Gasteiger partial charge in [0.2, 0.25) is 0 Å². The topological polar surface area (TPSA) is 149 Å². The minimum atomic E-state index is -4.61. The number of phosphoric acid groups is 1. The molecule has 0 saturated carbocycles. The van der Waals surface area contributed by atoms with Crippen LogP contribution in [-0.2, 0) is 32.7 Å². The van der Waals surface area contributed by atoms with E-state index in [4.69, 9.17) is 19.1 Å². The van der Waals surface area contributed by atoms with Crippen LogP contribution in [0.3, 0.4) is 0 Å². The molecule has 53 heavy (non-hydrogen) atoms. The van der Waals surface area contributed by atoms with Crippen molar-refractivity contribution in [3.8, 4) is 0 Å². The van der Waals surface area contributed by atoms with E-state index in [1.165, 1.54) is 89.9 Å². The van der Waals surface area contributed by atoms with Gasteiger partial charge in [-0.15, -0.1) is 0 Å². The molecule has 0 amide bonds. The summed E-state index contributed by atoms with van der Waals surface area (Å²) in [7, 11) is -4.61. The summed E-state index contributed by atoms with van der Waals surface area (Å²) in [5.41, 5.74) is 0. The summed E-state index contributed by atoms with van der Waals surface area (Å²) in [4.78, 5) is 34.9. The second-order valence-corrected chi connectivity index (χ2v) is 15.8. The molecule has 11 heteroatoms. The monoisotopic (exact) mass is 775 g/mol. The predicted molar refractivity (Wildman–Crippen MR) is 215 cm³/mol. The smallest absolute Gasteiger partial charge is 0.462 e. The number of carbonyl (C=O) groups excluding carboxylic acids is 2. The Bertz CT molecular complexity index is 941. The number of esters is 2. The Balaban J connectivity index is 4.29. The van der Waals surface area contributed by atoms with Crippen molar-refractivity contribution in [2.45, 2.75) is 206 Å². The Kier molecular flexibility index (Phi) is 37.6. The average molecular weight is 775 g/mol. The highest BCUT2D eigenvalue weighted by Crippen LogP contribution is 2.43. The van der Waals surface area contributed by atoms with Crippen molar-refractivity contribution in [2.75, 3.05) is 26.4 Å². The number of carbonyl (C=O) groups is 2. The van der Waals surface area contributed by atoms with E-state index in [0.717, 1.165) is 64.2 Å². The van der Waals surface area contributed by atoms with Crippen LogP contribution in [0, 0.1) is 0 Å². The van der Waals surface area contributed by atoms with Crippen LogP contribution in [-0.4, -0.2) is 65.7 Å². The van der Waals surface area contributed by atoms with Crippen LogP contribution in [0.15, 0.2) is 24.3 Å².